The van der Waals surface area contributed by atoms with Crippen molar-refractivity contribution >= 4 is 11.3 Å². The molecule has 0 unspecified atom stereocenters. The molecule has 56 valence electrons. The van der Waals surface area contributed by atoms with Crippen LogP contribution in [-0.4, -0.2) is 12.0 Å². The van der Waals surface area contributed by atoms with E-state index in [2.05, 4.69) is 10.3 Å². The minimum atomic E-state index is -0.450. The molecule has 4 heteroatoms. The number of alkyl halides is 1. The highest BCUT2D eigenvalue weighted by molar-refractivity contribution is 7.11. The molecule has 1 aromatic heterocycles. The van der Waals surface area contributed by atoms with Crippen molar-refractivity contribution in [3.05, 3.63) is 16.1 Å². The molecule has 0 amide bonds. The van der Waals surface area contributed by atoms with Gasteiger partial charge in [-0.2, -0.15) is 0 Å². The first-order valence-corrected chi connectivity index (χ1v) is 3.82. The number of aromatic nitrogens is 1. The lowest BCUT2D eigenvalue weighted by atomic mass is 10.5. The Morgan fingerprint density at radius 3 is 3.10 bits per heavy atom. The van der Waals surface area contributed by atoms with E-state index in [9.17, 15) is 4.39 Å². The lowest BCUT2D eigenvalue weighted by Gasteiger charge is -1.89. The van der Waals surface area contributed by atoms with E-state index in [1.165, 1.54) is 11.3 Å². The summed E-state index contributed by atoms with van der Waals surface area (Å²) in [5.41, 5.74) is 0. The fourth-order valence-electron chi connectivity index (χ4n) is 0.666. The first-order chi connectivity index (χ1) is 4.86. The number of hydrogen-bond donors (Lipinski definition) is 1. The maximum Gasteiger partial charge on any atom is 0.141 e. The summed E-state index contributed by atoms with van der Waals surface area (Å²) in [7, 11) is 1.86. The van der Waals surface area contributed by atoms with Gasteiger partial charge in [-0.25, -0.2) is 9.37 Å². The van der Waals surface area contributed by atoms with Crippen molar-refractivity contribution in [2.75, 3.05) is 7.05 Å². The van der Waals surface area contributed by atoms with Crippen LogP contribution in [0.2, 0.25) is 0 Å². The second kappa shape index (κ2) is 3.63. The predicted molar refractivity (Wildman–Crippen MR) is 39.7 cm³/mol. The predicted octanol–water partition coefficient (Wildman–Crippen LogP) is 1.33. The second-order valence-electron chi connectivity index (χ2n) is 1.88. The van der Waals surface area contributed by atoms with E-state index in [1.807, 2.05) is 7.05 Å². The molecular weight excluding hydrogens is 151 g/mol. The number of rotatable bonds is 3. The largest absolute Gasteiger partial charge is 0.315 e. The molecule has 1 N–H and O–H groups in total. The Morgan fingerprint density at radius 1 is 1.80 bits per heavy atom. The van der Waals surface area contributed by atoms with Crippen molar-refractivity contribution in [3.63, 3.8) is 0 Å². The van der Waals surface area contributed by atoms with Crippen molar-refractivity contribution in [1.29, 1.82) is 0 Å². The van der Waals surface area contributed by atoms with Crippen molar-refractivity contribution in [2.24, 2.45) is 0 Å². The van der Waals surface area contributed by atoms with Crippen LogP contribution in [0.25, 0.3) is 0 Å². The lowest BCUT2D eigenvalue weighted by molar-refractivity contribution is 0.483. The Bertz CT molecular complexity index is 199. The van der Waals surface area contributed by atoms with E-state index in [0.717, 1.165) is 11.4 Å². The summed E-state index contributed by atoms with van der Waals surface area (Å²) in [6.45, 7) is 0.325. The van der Waals surface area contributed by atoms with E-state index in [0.29, 0.717) is 5.01 Å². The van der Waals surface area contributed by atoms with Gasteiger partial charge in [0, 0.05) is 17.6 Å². The summed E-state index contributed by atoms with van der Waals surface area (Å²) in [4.78, 5) is 4.94. The third kappa shape index (κ3) is 1.75. The van der Waals surface area contributed by atoms with Gasteiger partial charge in [0.05, 0.1) is 0 Å². The molecule has 0 aliphatic carbocycles. The van der Waals surface area contributed by atoms with Crippen molar-refractivity contribution in [1.82, 2.24) is 10.3 Å². The van der Waals surface area contributed by atoms with Gasteiger partial charge in [0.1, 0.15) is 11.7 Å². The van der Waals surface area contributed by atoms with Gasteiger partial charge in [0.2, 0.25) is 0 Å². The molecule has 0 saturated carbocycles. The molecule has 0 atom stereocenters. The smallest absolute Gasteiger partial charge is 0.141 e. The van der Waals surface area contributed by atoms with E-state index in [-0.39, 0.29) is 0 Å². The highest BCUT2D eigenvalue weighted by atomic mass is 32.1. The van der Waals surface area contributed by atoms with Crippen LogP contribution in [0.5, 0.6) is 0 Å². The lowest BCUT2D eigenvalue weighted by Crippen LogP contribution is -2.02. The number of hydrogen-bond acceptors (Lipinski definition) is 3. The molecule has 2 nitrogen and oxygen atoms in total. The molecule has 1 rings (SSSR count). The van der Waals surface area contributed by atoms with E-state index in [4.69, 9.17) is 0 Å². The van der Waals surface area contributed by atoms with Crippen LogP contribution in [0.1, 0.15) is 9.88 Å². The Kier molecular flexibility index (Phi) is 2.77. The van der Waals surface area contributed by atoms with Crippen LogP contribution in [0.4, 0.5) is 4.39 Å². The van der Waals surface area contributed by atoms with Crippen LogP contribution in [0.15, 0.2) is 6.20 Å². The van der Waals surface area contributed by atoms with Crippen molar-refractivity contribution in [3.8, 4) is 0 Å². The fraction of sp³-hybridized carbons (Fsp3) is 0.500. The first kappa shape index (κ1) is 7.63. The summed E-state index contributed by atoms with van der Waals surface area (Å²) in [6.07, 6.45) is 1.70. The molecule has 1 heterocycles. The van der Waals surface area contributed by atoms with Gasteiger partial charge in [-0.3, -0.25) is 0 Å². The molecule has 0 radical (unpaired) electrons. The zero-order valence-electron chi connectivity index (χ0n) is 5.72. The molecule has 0 fully saturated rings. The normalized spacial score (nSPS) is 10.2. The maximum absolute atomic E-state index is 11.9. The first-order valence-electron chi connectivity index (χ1n) is 3.01. The third-order valence-electron chi connectivity index (χ3n) is 1.07. The quantitative estimate of drug-likeness (QED) is 0.721. The Morgan fingerprint density at radius 2 is 2.60 bits per heavy atom. The number of nitrogens with zero attached hydrogens (tertiary/aromatic N) is 1. The standard InChI is InChI=1S/C6H9FN2S/c1-8-3-5-4-9-6(2-7)10-5/h4,8H,2-3H2,1H3. The van der Waals surface area contributed by atoms with Gasteiger partial charge in [0.15, 0.2) is 0 Å². The summed E-state index contributed by atoms with van der Waals surface area (Å²) < 4.78 is 11.9. The van der Waals surface area contributed by atoms with Gasteiger partial charge in [-0.1, -0.05) is 0 Å². The topological polar surface area (TPSA) is 24.9 Å². The third-order valence-corrected chi connectivity index (χ3v) is 2.03. The van der Waals surface area contributed by atoms with Crippen LogP contribution in [0.3, 0.4) is 0 Å². The Balaban J connectivity index is 2.59. The number of halogens is 1. The molecule has 1 aromatic rings. The monoisotopic (exact) mass is 160 g/mol. The fourth-order valence-corrected chi connectivity index (χ4v) is 1.45. The van der Waals surface area contributed by atoms with Gasteiger partial charge < -0.3 is 5.32 Å². The van der Waals surface area contributed by atoms with E-state index in [1.54, 1.807) is 6.20 Å². The molecule has 0 aliphatic heterocycles. The van der Waals surface area contributed by atoms with Gasteiger partial charge in [0.25, 0.3) is 0 Å². The summed E-state index contributed by atoms with van der Waals surface area (Å²) in [5, 5.41) is 3.53. The SMILES string of the molecule is CNCc1cnc(CF)s1. The van der Waals surface area contributed by atoms with Crippen molar-refractivity contribution in [2.45, 2.75) is 13.2 Å². The molecule has 0 spiro atoms. The van der Waals surface area contributed by atoms with E-state index >= 15 is 0 Å². The highest BCUT2D eigenvalue weighted by Gasteiger charge is 1.98. The second-order valence-corrected chi connectivity index (χ2v) is 3.08. The molecule has 0 saturated heterocycles. The van der Waals surface area contributed by atoms with Crippen LogP contribution >= 0.6 is 11.3 Å². The molecule has 10 heavy (non-hydrogen) atoms. The van der Waals surface area contributed by atoms with Crippen LogP contribution in [-0.2, 0) is 13.2 Å². The summed E-state index contributed by atoms with van der Waals surface area (Å²) >= 11 is 1.41. The van der Waals surface area contributed by atoms with Crippen LogP contribution in [0, 0.1) is 0 Å². The number of nitrogens with one attached hydrogen (secondary N) is 1. The minimum Gasteiger partial charge on any atom is -0.315 e. The zero-order valence-corrected chi connectivity index (χ0v) is 6.54. The zero-order chi connectivity index (χ0) is 7.40. The number of thiazole rings is 1. The molecule has 0 bridgehead atoms. The van der Waals surface area contributed by atoms with Gasteiger partial charge >= 0.3 is 0 Å². The molecule has 0 aliphatic rings. The maximum atomic E-state index is 11.9. The summed E-state index contributed by atoms with van der Waals surface area (Å²) in [6, 6.07) is 0. The van der Waals surface area contributed by atoms with Crippen LogP contribution < -0.4 is 5.32 Å². The van der Waals surface area contributed by atoms with Gasteiger partial charge in [-0.05, 0) is 7.05 Å². The molecule has 0 aromatic carbocycles. The molecular formula is C6H9FN2S. The Hall–Kier alpha value is -0.480. The Labute approximate surface area is 63.1 Å². The highest BCUT2D eigenvalue weighted by Crippen LogP contribution is 2.12. The summed E-state index contributed by atoms with van der Waals surface area (Å²) in [5.74, 6) is 0. The minimum absolute atomic E-state index is 0.450. The average molecular weight is 160 g/mol. The van der Waals surface area contributed by atoms with Gasteiger partial charge in [-0.15, -0.1) is 11.3 Å². The van der Waals surface area contributed by atoms with Crippen molar-refractivity contribution < 1.29 is 4.39 Å². The average Bonchev–Trinajstić information content (AvgIpc) is 2.37. The van der Waals surface area contributed by atoms with E-state index < -0.39 is 6.67 Å².